The van der Waals surface area contributed by atoms with Crippen molar-refractivity contribution < 1.29 is 13.7 Å². The molecular formula is C25H25N5O3. The summed E-state index contributed by atoms with van der Waals surface area (Å²) in [6, 6.07) is 13.5. The lowest BCUT2D eigenvalue weighted by molar-refractivity contribution is 0.0717. The van der Waals surface area contributed by atoms with Crippen LogP contribution in [0, 0.1) is 0 Å². The fourth-order valence-corrected chi connectivity index (χ4v) is 4.78. The third kappa shape index (κ3) is 3.86. The van der Waals surface area contributed by atoms with Crippen LogP contribution in [0.4, 0.5) is 5.82 Å². The molecule has 1 saturated carbocycles. The van der Waals surface area contributed by atoms with Gasteiger partial charge < -0.3 is 18.7 Å². The molecule has 1 saturated heterocycles. The molecule has 2 aliphatic rings. The smallest absolute Gasteiger partial charge is 0.289 e. The fraction of sp³-hybridized carbons (Fsp3) is 0.360. The number of rotatable bonds is 4. The van der Waals surface area contributed by atoms with Gasteiger partial charge in [-0.25, -0.2) is 4.98 Å². The Morgan fingerprint density at radius 2 is 1.82 bits per heavy atom. The van der Waals surface area contributed by atoms with Gasteiger partial charge in [0.25, 0.3) is 5.91 Å². The lowest BCUT2D eigenvalue weighted by atomic mass is 10.1. The highest BCUT2D eigenvalue weighted by atomic mass is 16.5. The number of furan rings is 1. The lowest BCUT2D eigenvalue weighted by Gasteiger charge is -2.35. The van der Waals surface area contributed by atoms with Crippen LogP contribution in [-0.2, 0) is 0 Å². The Kier molecular flexibility index (Phi) is 5.05. The first-order valence-corrected chi connectivity index (χ1v) is 11.6. The zero-order valence-corrected chi connectivity index (χ0v) is 18.3. The monoisotopic (exact) mass is 443 g/mol. The van der Waals surface area contributed by atoms with E-state index in [0.717, 1.165) is 41.1 Å². The van der Waals surface area contributed by atoms with Crippen molar-refractivity contribution in [2.75, 3.05) is 31.1 Å². The van der Waals surface area contributed by atoms with E-state index < -0.39 is 0 Å². The first-order valence-electron chi connectivity index (χ1n) is 11.6. The van der Waals surface area contributed by atoms with Crippen LogP contribution in [0.15, 0.2) is 57.6 Å². The van der Waals surface area contributed by atoms with E-state index in [4.69, 9.17) is 8.94 Å². The Balaban J connectivity index is 1.09. The number of benzene rings is 1. The van der Waals surface area contributed by atoms with Gasteiger partial charge in [0.2, 0.25) is 11.7 Å². The molecule has 1 aliphatic carbocycles. The van der Waals surface area contributed by atoms with Crippen molar-refractivity contribution in [3.63, 3.8) is 0 Å². The van der Waals surface area contributed by atoms with Crippen molar-refractivity contribution in [2.45, 2.75) is 31.6 Å². The van der Waals surface area contributed by atoms with Crippen molar-refractivity contribution in [3.05, 3.63) is 60.3 Å². The van der Waals surface area contributed by atoms with Crippen LogP contribution < -0.4 is 4.90 Å². The second kappa shape index (κ2) is 8.35. The maximum absolute atomic E-state index is 12.9. The summed E-state index contributed by atoms with van der Waals surface area (Å²) in [4.78, 5) is 26.1. The molecule has 1 aliphatic heterocycles. The second-order valence-corrected chi connectivity index (χ2v) is 8.77. The predicted molar refractivity (Wildman–Crippen MR) is 123 cm³/mol. The molecule has 4 heterocycles. The van der Waals surface area contributed by atoms with Gasteiger partial charge in [0.15, 0.2) is 5.76 Å². The maximum atomic E-state index is 12.9. The number of fused-ring (bicyclic) bond motifs is 1. The number of piperazine rings is 1. The lowest BCUT2D eigenvalue weighted by Crippen LogP contribution is -2.49. The van der Waals surface area contributed by atoms with E-state index in [0.29, 0.717) is 43.7 Å². The number of pyridine rings is 1. The molecule has 33 heavy (non-hydrogen) atoms. The molecule has 0 bridgehead atoms. The van der Waals surface area contributed by atoms with Gasteiger partial charge in [-0.3, -0.25) is 4.79 Å². The Bertz CT molecular complexity index is 1230. The van der Waals surface area contributed by atoms with E-state index in [2.05, 4.69) is 20.0 Å². The first kappa shape index (κ1) is 20.0. The van der Waals surface area contributed by atoms with E-state index in [1.54, 1.807) is 6.20 Å². The molecule has 0 spiro atoms. The molecule has 1 aromatic carbocycles. The number of hydrogen-bond donors (Lipinski definition) is 0. The standard InChI is InChI=1S/C25H25N5O3/c31-25(21-15-18-7-3-4-8-20(18)32-21)30-13-11-29(12-14-30)22-10-9-19(16-26-22)23-27-24(33-28-23)17-5-1-2-6-17/h3-4,7-10,15-17H,1-2,5-6,11-14H2. The number of para-hydroxylation sites is 1. The number of amides is 1. The van der Waals surface area contributed by atoms with E-state index in [9.17, 15) is 4.79 Å². The Labute approximate surface area is 191 Å². The first-order chi connectivity index (χ1) is 16.2. The highest BCUT2D eigenvalue weighted by Gasteiger charge is 2.26. The Hall–Kier alpha value is -3.68. The zero-order valence-electron chi connectivity index (χ0n) is 18.3. The van der Waals surface area contributed by atoms with E-state index in [1.807, 2.05) is 47.4 Å². The number of hydrogen-bond acceptors (Lipinski definition) is 7. The summed E-state index contributed by atoms with van der Waals surface area (Å²) in [6.07, 6.45) is 6.52. The highest BCUT2D eigenvalue weighted by molar-refractivity contribution is 5.96. The van der Waals surface area contributed by atoms with Crippen LogP contribution in [0.1, 0.15) is 48.0 Å². The van der Waals surface area contributed by atoms with Gasteiger partial charge in [-0.15, -0.1) is 0 Å². The highest BCUT2D eigenvalue weighted by Crippen LogP contribution is 2.34. The van der Waals surface area contributed by atoms with Crippen molar-refractivity contribution in [2.24, 2.45) is 0 Å². The fourth-order valence-electron chi connectivity index (χ4n) is 4.78. The van der Waals surface area contributed by atoms with Crippen LogP contribution in [0.5, 0.6) is 0 Å². The van der Waals surface area contributed by atoms with Crippen LogP contribution >= 0.6 is 0 Å². The number of nitrogens with zero attached hydrogens (tertiary/aromatic N) is 5. The summed E-state index contributed by atoms with van der Waals surface area (Å²) in [5.41, 5.74) is 1.59. The summed E-state index contributed by atoms with van der Waals surface area (Å²) >= 11 is 0. The van der Waals surface area contributed by atoms with Gasteiger partial charge in [0.05, 0.1) is 0 Å². The number of anilines is 1. The van der Waals surface area contributed by atoms with Crippen molar-refractivity contribution >= 4 is 22.7 Å². The topological polar surface area (TPSA) is 88.5 Å². The van der Waals surface area contributed by atoms with Crippen molar-refractivity contribution in [1.29, 1.82) is 0 Å². The van der Waals surface area contributed by atoms with Crippen LogP contribution in [0.3, 0.4) is 0 Å². The molecule has 3 aromatic heterocycles. The van der Waals surface area contributed by atoms with Crippen LogP contribution in [-0.4, -0.2) is 52.1 Å². The molecule has 0 N–H and O–H groups in total. The van der Waals surface area contributed by atoms with Gasteiger partial charge in [0, 0.05) is 49.2 Å². The largest absolute Gasteiger partial charge is 0.451 e. The van der Waals surface area contributed by atoms with E-state index in [1.165, 1.54) is 12.8 Å². The molecule has 6 rings (SSSR count). The summed E-state index contributed by atoms with van der Waals surface area (Å²) < 4.78 is 11.2. The Morgan fingerprint density at radius 1 is 1.00 bits per heavy atom. The van der Waals surface area contributed by atoms with Gasteiger partial charge in [0.1, 0.15) is 11.4 Å². The number of aromatic nitrogens is 3. The van der Waals surface area contributed by atoms with E-state index in [-0.39, 0.29) is 5.91 Å². The molecule has 0 atom stereocenters. The van der Waals surface area contributed by atoms with Gasteiger partial charge in [-0.1, -0.05) is 36.2 Å². The quantitative estimate of drug-likeness (QED) is 0.459. The normalized spacial score (nSPS) is 17.2. The molecule has 0 unspecified atom stereocenters. The predicted octanol–water partition coefficient (Wildman–Crippen LogP) is 4.50. The minimum Gasteiger partial charge on any atom is -0.451 e. The molecule has 4 aromatic rings. The zero-order chi connectivity index (χ0) is 22.2. The van der Waals surface area contributed by atoms with Gasteiger partial charge >= 0.3 is 0 Å². The summed E-state index contributed by atoms with van der Waals surface area (Å²) in [5, 5.41) is 5.10. The molecule has 1 amide bonds. The maximum Gasteiger partial charge on any atom is 0.289 e. The second-order valence-electron chi connectivity index (χ2n) is 8.77. The third-order valence-corrected chi connectivity index (χ3v) is 6.68. The van der Waals surface area contributed by atoms with Gasteiger partial charge in [-0.2, -0.15) is 4.98 Å². The van der Waals surface area contributed by atoms with E-state index >= 15 is 0 Å². The molecule has 0 radical (unpaired) electrons. The summed E-state index contributed by atoms with van der Waals surface area (Å²) in [5.74, 6) is 2.95. The SMILES string of the molecule is O=C(c1cc2ccccc2o1)N1CCN(c2ccc(-c3noc(C4CCCC4)n3)cn2)CC1. The molecule has 8 heteroatoms. The van der Waals surface area contributed by atoms with Crippen LogP contribution in [0.25, 0.3) is 22.4 Å². The van der Waals surface area contributed by atoms with Gasteiger partial charge in [-0.05, 0) is 37.1 Å². The molecule has 168 valence electrons. The average molecular weight is 444 g/mol. The minimum atomic E-state index is -0.0654. The number of carbonyl (C=O) groups excluding carboxylic acids is 1. The molecule has 2 fully saturated rings. The minimum absolute atomic E-state index is 0.0654. The number of carbonyl (C=O) groups is 1. The summed E-state index contributed by atoms with van der Waals surface area (Å²) in [7, 11) is 0. The Morgan fingerprint density at radius 3 is 2.58 bits per heavy atom. The molecular weight excluding hydrogens is 418 g/mol. The van der Waals surface area contributed by atoms with Crippen LogP contribution in [0.2, 0.25) is 0 Å². The third-order valence-electron chi connectivity index (χ3n) is 6.68. The summed E-state index contributed by atoms with van der Waals surface area (Å²) in [6.45, 7) is 2.67. The molecule has 8 nitrogen and oxygen atoms in total. The average Bonchev–Trinajstić information content (AvgIpc) is 3.64. The van der Waals surface area contributed by atoms with Crippen molar-refractivity contribution in [3.8, 4) is 11.4 Å². The van der Waals surface area contributed by atoms with Crippen molar-refractivity contribution in [1.82, 2.24) is 20.0 Å².